The predicted octanol–water partition coefficient (Wildman–Crippen LogP) is 3.49. The van der Waals surface area contributed by atoms with Gasteiger partial charge < -0.3 is 15.7 Å². The number of hydrogen-bond acceptors (Lipinski definition) is 3. The fourth-order valence-corrected chi connectivity index (χ4v) is 3.41. The number of halogens is 2. The number of phenolic OH excluding ortho intramolecular Hbond substituents is 1. The third-order valence-corrected chi connectivity index (χ3v) is 4.93. The zero-order valence-corrected chi connectivity index (χ0v) is 16.7. The number of rotatable bonds is 5. The Labute approximate surface area is 158 Å². The molecular weight excluding hydrogens is 428 g/mol. The number of aromatic hydroxyl groups is 1. The number of thioether (sulfide) groups is 1. The lowest BCUT2D eigenvalue weighted by Gasteiger charge is -2.17. The van der Waals surface area contributed by atoms with Crippen LogP contribution in [0.4, 0.5) is 4.39 Å². The number of guanidine groups is 1. The zero-order valence-electron chi connectivity index (χ0n) is 13.5. The normalized spacial score (nSPS) is 20.9. The van der Waals surface area contributed by atoms with Crippen molar-refractivity contribution in [3.8, 4) is 5.75 Å². The smallest absolute Gasteiger partial charge is 0.191 e. The van der Waals surface area contributed by atoms with Gasteiger partial charge in [0.2, 0.25) is 0 Å². The standard InChI is InChI=1S/C16H24FN3OS.HI/c1-3-18-16(20-12-5-6-13(9-12)22-2)19-10-11-4-7-15(21)14(17)8-11;/h4,7-8,12-13,21H,3,5-6,9-10H2,1-2H3,(H2,18,19,20);1H. The molecule has 0 spiro atoms. The van der Waals surface area contributed by atoms with Crippen molar-refractivity contribution in [3.63, 3.8) is 0 Å². The molecule has 0 bridgehead atoms. The Hall–Kier alpha value is -0.700. The van der Waals surface area contributed by atoms with Gasteiger partial charge in [-0.15, -0.1) is 24.0 Å². The van der Waals surface area contributed by atoms with Gasteiger partial charge in [-0.2, -0.15) is 11.8 Å². The first-order valence-corrected chi connectivity index (χ1v) is 8.96. The van der Waals surface area contributed by atoms with E-state index in [2.05, 4.69) is 21.9 Å². The van der Waals surface area contributed by atoms with Crippen LogP contribution < -0.4 is 10.6 Å². The van der Waals surface area contributed by atoms with E-state index in [9.17, 15) is 9.50 Å². The molecule has 2 unspecified atom stereocenters. The predicted molar refractivity (Wildman–Crippen MR) is 106 cm³/mol. The van der Waals surface area contributed by atoms with Crippen molar-refractivity contribution in [1.29, 1.82) is 0 Å². The molecule has 0 radical (unpaired) electrons. The molecule has 1 aromatic rings. The summed E-state index contributed by atoms with van der Waals surface area (Å²) in [6.45, 7) is 3.19. The molecule has 0 amide bonds. The van der Waals surface area contributed by atoms with Gasteiger partial charge in [0.15, 0.2) is 17.5 Å². The van der Waals surface area contributed by atoms with Crippen LogP contribution in [0.1, 0.15) is 31.7 Å². The molecule has 0 aliphatic heterocycles. The summed E-state index contributed by atoms with van der Waals surface area (Å²) in [5, 5.41) is 16.6. The van der Waals surface area contributed by atoms with Gasteiger partial charge in [-0.05, 0) is 50.1 Å². The van der Waals surface area contributed by atoms with Gasteiger partial charge >= 0.3 is 0 Å². The minimum absolute atomic E-state index is 0. The zero-order chi connectivity index (χ0) is 15.9. The Morgan fingerprint density at radius 1 is 1.43 bits per heavy atom. The average molecular weight is 453 g/mol. The molecule has 2 atom stereocenters. The van der Waals surface area contributed by atoms with Crippen LogP contribution in [0, 0.1) is 5.82 Å². The highest BCUT2D eigenvalue weighted by molar-refractivity contribution is 14.0. The van der Waals surface area contributed by atoms with Crippen molar-refractivity contribution in [2.45, 2.75) is 44.0 Å². The minimum Gasteiger partial charge on any atom is -0.505 e. The van der Waals surface area contributed by atoms with E-state index in [1.807, 2.05) is 18.7 Å². The van der Waals surface area contributed by atoms with Crippen molar-refractivity contribution < 1.29 is 9.50 Å². The van der Waals surface area contributed by atoms with E-state index in [0.29, 0.717) is 12.6 Å². The van der Waals surface area contributed by atoms with E-state index in [1.165, 1.54) is 18.6 Å². The summed E-state index contributed by atoms with van der Waals surface area (Å²) in [5.41, 5.74) is 0.737. The van der Waals surface area contributed by atoms with Crippen LogP contribution in [0.25, 0.3) is 0 Å². The molecule has 0 aromatic heterocycles. The number of phenols is 1. The molecule has 7 heteroatoms. The van der Waals surface area contributed by atoms with Crippen molar-refractivity contribution >= 4 is 41.7 Å². The maximum Gasteiger partial charge on any atom is 0.191 e. The van der Waals surface area contributed by atoms with Gasteiger partial charge in [0.05, 0.1) is 6.54 Å². The van der Waals surface area contributed by atoms with E-state index in [0.717, 1.165) is 36.2 Å². The van der Waals surface area contributed by atoms with Gasteiger partial charge in [-0.3, -0.25) is 0 Å². The third kappa shape index (κ3) is 6.37. The topological polar surface area (TPSA) is 56.7 Å². The van der Waals surface area contributed by atoms with Crippen LogP contribution in [0.15, 0.2) is 23.2 Å². The molecule has 0 heterocycles. The summed E-state index contributed by atoms with van der Waals surface area (Å²) >= 11 is 1.92. The fourth-order valence-electron chi connectivity index (χ4n) is 2.62. The Morgan fingerprint density at radius 2 is 2.22 bits per heavy atom. The lowest BCUT2D eigenvalue weighted by molar-refractivity contribution is 0.432. The van der Waals surface area contributed by atoms with Crippen molar-refractivity contribution in [2.75, 3.05) is 12.8 Å². The van der Waals surface area contributed by atoms with Gasteiger partial charge in [0, 0.05) is 17.8 Å². The van der Waals surface area contributed by atoms with Crippen molar-refractivity contribution in [3.05, 3.63) is 29.6 Å². The van der Waals surface area contributed by atoms with E-state index in [1.54, 1.807) is 6.07 Å². The molecule has 1 saturated carbocycles. The third-order valence-electron chi connectivity index (χ3n) is 3.83. The maximum atomic E-state index is 13.3. The molecule has 1 aliphatic rings. The summed E-state index contributed by atoms with van der Waals surface area (Å²) in [7, 11) is 0. The highest BCUT2D eigenvalue weighted by Gasteiger charge is 2.24. The highest BCUT2D eigenvalue weighted by Crippen LogP contribution is 2.28. The molecule has 130 valence electrons. The second-order valence-corrected chi connectivity index (χ2v) is 6.63. The second kappa shape index (κ2) is 10.2. The molecular formula is C16H25FIN3OS. The number of nitrogens with one attached hydrogen (secondary N) is 2. The maximum absolute atomic E-state index is 13.3. The first-order chi connectivity index (χ1) is 10.6. The Kier molecular flexibility index (Phi) is 9.04. The number of hydrogen-bond donors (Lipinski definition) is 3. The molecule has 0 saturated heterocycles. The summed E-state index contributed by atoms with van der Waals surface area (Å²) in [4.78, 5) is 4.51. The monoisotopic (exact) mass is 453 g/mol. The Bertz CT molecular complexity index is 530. The van der Waals surface area contributed by atoms with Crippen LogP contribution in [0.3, 0.4) is 0 Å². The summed E-state index contributed by atoms with van der Waals surface area (Å²) in [5.74, 6) is -0.168. The van der Waals surface area contributed by atoms with E-state index < -0.39 is 5.82 Å². The minimum atomic E-state index is -0.607. The number of benzene rings is 1. The second-order valence-electron chi connectivity index (χ2n) is 5.49. The van der Waals surface area contributed by atoms with Crippen LogP contribution in [-0.4, -0.2) is 35.2 Å². The summed E-state index contributed by atoms with van der Waals surface area (Å²) < 4.78 is 13.3. The Balaban J connectivity index is 0.00000264. The number of aliphatic imine (C=N–C) groups is 1. The van der Waals surface area contributed by atoms with Crippen molar-refractivity contribution in [1.82, 2.24) is 10.6 Å². The quantitative estimate of drug-likeness (QED) is 0.363. The molecule has 1 aliphatic carbocycles. The van der Waals surface area contributed by atoms with E-state index in [4.69, 9.17) is 0 Å². The van der Waals surface area contributed by atoms with Crippen LogP contribution in [0.5, 0.6) is 5.75 Å². The van der Waals surface area contributed by atoms with Gasteiger partial charge in [0.25, 0.3) is 0 Å². The SMILES string of the molecule is CCNC(=NCc1ccc(O)c(F)c1)NC1CCC(SC)C1.I. The van der Waals surface area contributed by atoms with Crippen LogP contribution >= 0.6 is 35.7 Å². The summed E-state index contributed by atoms with van der Waals surface area (Å²) in [6, 6.07) is 4.82. The first kappa shape index (κ1) is 20.3. The van der Waals surface area contributed by atoms with Gasteiger partial charge in [-0.25, -0.2) is 9.38 Å². The molecule has 23 heavy (non-hydrogen) atoms. The lowest BCUT2D eigenvalue weighted by Crippen LogP contribution is -2.42. The van der Waals surface area contributed by atoms with Crippen LogP contribution in [0.2, 0.25) is 0 Å². The molecule has 3 N–H and O–H groups in total. The molecule has 1 aromatic carbocycles. The average Bonchev–Trinajstić information content (AvgIpc) is 2.96. The summed E-state index contributed by atoms with van der Waals surface area (Å²) in [6.07, 6.45) is 5.70. The van der Waals surface area contributed by atoms with Crippen LogP contribution in [-0.2, 0) is 6.54 Å². The Morgan fingerprint density at radius 3 is 2.83 bits per heavy atom. The largest absolute Gasteiger partial charge is 0.505 e. The van der Waals surface area contributed by atoms with Gasteiger partial charge in [0.1, 0.15) is 0 Å². The van der Waals surface area contributed by atoms with E-state index in [-0.39, 0.29) is 29.7 Å². The number of nitrogens with zero attached hydrogens (tertiary/aromatic N) is 1. The fraction of sp³-hybridized carbons (Fsp3) is 0.562. The van der Waals surface area contributed by atoms with E-state index >= 15 is 0 Å². The highest BCUT2D eigenvalue weighted by atomic mass is 127. The van der Waals surface area contributed by atoms with Crippen molar-refractivity contribution in [2.24, 2.45) is 4.99 Å². The first-order valence-electron chi connectivity index (χ1n) is 7.67. The van der Waals surface area contributed by atoms with Gasteiger partial charge in [-0.1, -0.05) is 6.07 Å². The molecule has 1 fully saturated rings. The lowest BCUT2D eigenvalue weighted by atomic mass is 10.2. The molecule has 4 nitrogen and oxygen atoms in total. The molecule has 2 rings (SSSR count).